The van der Waals surface area contributed by atoms with E-state index >= 15 is 0 Å². The maximum absolute atomic E-state index is 9.77. The third-order valence-electron chi connectivity index (χ3n) is 2.53. The highest BCUT2D eigenvalue weighted by Gasteiger charge is 2.34. The van der Waals surface area contributed by atoms with Gasteiger partial charge in [0, 0.05) is 16.1 Å². The van der Waals surface area contributed by atoms with Crippen LogP contribution in [0.3, 0.4) is 0 Å². The topological polar surface area (TPSA) is 20.2 Å². The van der Waals surface area contributed by atoms with Crippen molar-refractivity contribution in [3.05, 3.63) is 0 Å². The lowest BCUT2D eigenvalue weighted by Gasteiger charge is -2.35. The molecule has 0 saturated heterocycles. The van der Waals surface area contributed by atoms with Gasteiger partial charge < -0.3 is 5.11 Å². The Morgan fingerprint density at radius 3 is 1.46 bits per heavy atom. The normalized spacial score (nSPS) is 18.5. The molecule has 1 nitrogen and oxygen atoms in total. The summed E-state index contributed by atoms with van der Waals surface area (Å²) in [7, 11) is -2.19. The van der Waals surface area contributed by atoms with Crippen LogP contribution < -0.4 is 0 Å². The molecule has 0 unspecified atom stereocenters. The summed E-state index contributed by atoms with van der Waals surface area (Å²) in [5, 5.41) is 9.77. The fraction of sp³-hybridized carbons (Fsp3) is 1.00. The molecule has 0 aromatic heterocycles. The fourth-order valence-corrected chi connectivity index (χ4v) is 9.25. The molecule has 0 spiro atoms. The average Bonchev–Trinajstić information content (AvgIpc) is 1.77. The zero-order valence-electron chi connectivity index (χ0n) is 10.3. The first-order valence-corrected chi connectivity index (χ1v) is 12.5. The van der Waals surface area contributed by atoms with Gasteiger partial charge in [0.15, 0.2) is 0 Å². The number of hydrogen-bond acceptors (Lipinski definition) is 1. The molecular weight excluding hydrogens is 192 g/mol. The Labute approximate surface area is 85.6 Å². The molecule has 0 saturated carbocycles. The Morgan fingerprint density at radius 1 is 1.00 bits per heavy atom. The molecule has 13 heavy (non-hydrogen) atoms. The summed E-state index contributed by atoms with van der Waals surface area (Å²) in [6.45, 7) is 16.2. The number of aliphatic hydroxyl groups excluding tert-OH is 1. The van der Waals surface area contributed by atoms with Gasteiger partial charge in [-0.2, -0.15) is 0 Å². The third kappa shape index (κ3) is 5.65. The predicted octanol–water partition coefficient (Wildman–Crippen LogP) is 3.41. The monoisotopic (exact) mass is 218 g/mol. The Morgan fingerprint density at radius 2 is 1.38 bits per heavy atom. The molecule has 0 aliphatic carbocycles. The van der Waals surface area contributed by atoms with E-state index < -0.39 is 16.1 Å². The van der Waals surface area contributed by atoms with Crippen LogP contribution in [-0.4, -0.2) is 27.4 Å². The Hall–Kier alpha value is 0.394. The summed E-state index contributed by atoms with van der Waals surface area (Å²) in [5.41, 5.74) is 0.583. The minimum Gasteiger partial charge on any atom is -0.393 e. The third-order valence-corrected chi connectivity index (χ3v) is 7.51. The van der Waals surface area contributed by atoms with E-state index in [1.54, 1.807) is 0 Å². The van der Waals surface area contributed by atoms with Gasteiger partial charge in [-0.1, -0.05) is 45.3 Å². The molecule has 0 aliphatic rings. The van der Waals surface area contributed by atoms with Crippen LogP contribution in [-0.2, 0) is 0 Å². The van der Waals surface area contributed by atoms with E-state index in [1.165, 1.54) is 6.04 Å². The Balaban J connectivity index is 4.47. The predicted molar refractivity (Wildman–Crippen MR) is 66.9 cm³/mol. The minimum atomic E-state index is -1.17. The van der Waals surface area contributed by atoms with Crippen molar-refractivity contribution in [2.45, 2.75) is 63.9 Å². The van der Waals surface area contributed by atoms with Crippen molar-refractivity contribution in [2.75, 3.05) is 0 Å². The van der Waals surface area contributed by atoms with Crippen LogP contribution in [0.1, 0.15) is 6.92 Å². The highest BCUT2D eigenvalue weighted by atomic mass is 28.3. The van der Waals surface area contributed by atoms with Gasteiger partial charge in [0.2, 0.25) is 0 Å². The highest BCUT2D eigenvalue weighted by Crippen LogP contribution is 2.34. The molecule has 1 N–H and O–H groups in total. The van der Waals surface area contributed by atoms with E-state index in [9.17, 15) is 5.11 Å². The van der Waals surface area contributed by atoms with Crippen molar-refractivity contribution < 1.29 is 5.11 Å². The van der Waals surface area contributed by atoms with Crippen molar-refractivity contribution in [3.63, 3.8) is 0 Å². The van der Waals surface area contributed by atoms with Crippen molar-refractivity contribution in [3.8, 4) is 0 Å². The minimum absolute atomic E-state index is 0.113. The lowest BCUT2D eigenvalue weighted by Crippen LogP contribution is -2.39. The second-order valence-corrected chi connectivity index (χ2v) is 17.5. The molecule has 0 fully saturated rings. The zero-order chi connectivity index (χ0) is 10.9. The quantitative estimate of drug-likeness (QED) is 0.717. The summed E-state index contributed by atoms with van der Waals surface area (Å²) in [5.74, 6) is 0. The van der Waals surface area contributed by atoms with Gasteiger partial charge in [-0.15, -0.1) is 0 Å². The van der Waals surface area contributed by atoms with Gasteiger partial charge >= 0.3 is 0 Å². The second-order valence-electron chi connectivity index (χ2n) is 6.48. The largest absolute Gasteiger partial charge is 0.393 e. The van der Waals surface area contributed by atoms with Crippen LogP contribution in [0.4, 0.5) is 0 Å². The fourth-order valence-electron chi connectivity index (χ4n) is 1.86. The van der Waals surface area contributed by atoms with E-state index in [2.05, 4.69) is 39.3 Å². The summed E-state index contributed by atoms with van der Waals surface area (Å²) >= 11 is 0. The standard InChI is InChI=1S/C10H26OSi2/c1-9(11)10(13(5,6)7)8-12(2,3)4/h9-11H,8H2,1-7H3/t9-,10+/m1/s1. The van der Waals surface area contributed by atoms with Crippen molar-refractivity contribution in [1.82, 2.24) is 0 Å². The lowest BCUT2D eigenvalue weighted by molar-refractivity contribution is 0.187. The molecule has 2 atom stereocenters. The molecule has 0 heterocycles. The Kier molecular flexibility index (Phi) is 4.41. The van der Waals surface area contributed by atoms with Crippen LogP contribution in [0, 0.1) is 0 Å². The van der Waals surface area contributed by atoms with Crippen LogP contribution >= 0.6 is 0 Å². The number of rotatable bonds is 4. The summed E-state index contributed by atoms with van der Waals surface area (Å²) < 4.78 is 0. The van der Waals surface area contributed by atoms with Crippen molar-refractivity contribution in [1.29, 1.82) is 0 Å². The maximum Gasteiger partial charge on any atom is 0.0514 e. The SMILES string of the molecule is C[C@@H](O)[C@H](C[Si](C)(C)C)[Si](C)(C)C. The van der Waals surface area contributed by atoms with Gasteiger partial charge in [0.1, 0.15) is 0 Å². The first-order valence-electron chi connectivity index (χ1n) is 5.22. The van der Waals surface area contributed by atoms with Gasteiger partial charge in [-0.05, 0) is 12.5 Å². The summed E-state index contributed by atoms with van der Waals surface area (Å²) in [6.07, 6.45) is -0.113. The van der Waals surface area contributed by atoms with E-state index in [0.29, 0.717) is 5.54 Å². The van der Waals surface area contributed by atoms with Crippen LogP contribution in [0.2, 0.25) is 50.9 Å². The molecule has 3 heteroatoms. The van der Waals surface area contributed by atoms with Crippen LogP contribution in [0.15, 0.2) is 0 Å². The molecule has 0 aromatic carbocycles. The molecule has 0 aliphatic heterocycles. The van der Waals surface area contributed by atoms with Gasteiger partial charge in [-0.3, -0.25) is 0 Å². The van der Waals surface area contributed by atoms with Gasteiger partial charge in [0.05, 0.1) is 6.10 Å². The van der Waals surface area contributed by atoms with Crippen molar-refractivity contribution >= 4 is 16.1 Å². The molecule has 0 aromatic rings. The van der Waals surface area contributed by atoms with Crippen LogP contribution in [0.25, 0.3) is 0 Å². The number of aliphatic hydroxyl groups is 1. The maximum atomic E-state index is 9.77. The lowest BCUT2D eigenvalue weighted by atomic mass is 10.3. The van der Waals surface area contributed by atoms with E-state index in [4.69, 9.17) is 0 Å². The van der Waals surface area contributed by atoms with Gasteiger partial charge in [-0.25, -0.2) is 0 Å². The zero-order valence-corrected chi connectivity index (χ0v) is 12.3. The first-order chi connectivity index (χ1) is 5.54. The highest BCUT2D eigenvalue weighted by molar-refractivity contribution is 6.82. The molecule has 0 amide bonds. The van der Waals surface area contributed by atoms with Crippen molar-refractivity contribution in [2.24, 2.45) is 0 Å². The molecule has 0 radical (unpaired) electrons. The molecule has 0 rings (SSSR count). The number of hydrogen-bond donors (Lipinski definition) is 1. The smallest absolute Gasteiger partial charge is 0.0514 e. The first kappa shape index (κ1) is 13.4. The second kappa shape index (κ2) is 4.28. The summed E-state index contributed by atoms with van der Waals surface area (Å²) in [4.78, 5) is 0. The van der Waals surface area contributed by atoms with Gasteiger partial charge in [0.25, 0.3) is 0 Å². The molecule has 0 bridgehead atoms. The molecule has 80 valence electrons. The van der Waals surface area contributed by atoms with E-state index in [-0.39, 0.29) is 6.10 Å². The van der Waals surface area contributed by atoms with E-state index in [0.717, 1.165) is 0 Å². The average molecular weight is 218 g/mol. The summed E-state index contributed by atoms with van der Waals surface area (Å²) in [6, 6.07) is 1.28. The molecular formula is C10H26OSi2. The van der Waals surface area contributed by atoms with Crippen LogP contribution in [0.5, 0.6) is 0 Å². The Bertz CT molecular complexity index is 153. The van der Waals surface area contributed by atoms with E-state index in [1.807, 2.05) is 6.92 Å².